The summed E-state index contributed by atoms with van der Waals surface area (Å²) < 4.78 is 51.7. The smallest absolute Gasteiger partial charge is 0.416 e. The van der Waals surface area contributed by atoms with Crippen molar-refractivity contribution in [3.63, 3.8) is 0 Å². The predicted octanol–water partition coefficient (Wildman–Crippen LogP) is 4.17. The van der Waals surface area contributed by atoms with E-state index in [0.29, 0.717) is 16.9 Å². The highest BCUT2D eigenvalue weighted by molar-refractivity contribution is 5.74. The summed E-state index contributed by atoms with van der Waals surface area (Å²) in [5.41, 5.74) is 0.0144. The van der Waals surface area contributed by atoms with E-state index >= 15 is 0 Å². The Hall–Kier alpha value is -3.40. The van der Waals surface area contributed by atoms with Crippen LogP contribution in [-0.4, -0.2) is 33.5 Å². The van der Waals surface area contributed by atoms with Gasteiger partial charge >= 0.3 is 12.1 Å². The number of carboxylic acid groups (broad SMARTS) is 1. The Morgan fingerprint density at radius 3 is 2.48 bits per heavy atom. The van der Waals surface area contributed by atoms with Crippen molar-refractivity contribution >= 4 is 5.97 Å². The molecule has 0 aliphatic carbocycles. The van der Waals surface area contributed by atoms with Crippen LogP contribution in [0.4, 0.5) is 13.2 Å². The molecule has 3 rings (SSSR count). The number of benzene rings is 2. The van der Waals surface area contributed by atoms with Gasteiger partial charge in [0.25, 0.3) is 0 Å². The fraction of sp³-hybridized carbons (Fsp3) is 0.286. The number of aliphatic hydroxyl groups excluding tert-OH is 1. The van der Waals surface area contributed by atoms with Crippen molar-refractivity contribution in [2.75, 3.05) is 7.11 Å². The van der Waals surface area contributed by atoms with Gasteiger partial charge in [0.1, 0.15) is 5.75 Å². The second-order valence-corrected chi connectivity index (χ2v) is 6.84. The first-order valence-corrected chi connectivity index (χ1v) is 9.14. The van der Waals surface area contributed by atoms with Crippen LogP contribution in [0.3, 0.4) is 0 Å². The van der Waals surface area contributed by atoms with Gasteiger partial charge in [-0.15, -0.1) is 10.2 Å². The third-order valence-electron chi connectivity index (χ3n) is 4.66. The zero-order valence-electron chi connectivity index (χ0n) is 16.6. The van der Waals surface area contributed by atoms with Crippen molar-refractivity contribution in [2.24, 2.45) is 0 Å². The van der Waals surface area contributed by atoms with Crippen molar-refractivity contribution in [3.8, 4) is 16.9 Å². The van der Waals surface area contributed by atoms with Gasteiger partial charge in [-0.1, -0.05) is 12.1 Å². The fourth-order valence-electron chi connectivity index (χ4n) is 3.23. The fourth-order valence-corrected chi connectivity index (χ4v) is 3.23. The van der Waals surface area contributed by atoms with Gasteiger partial charge in [-0.25, -0.2) is 0 Å². The number of methoxy groups -OCH3 is 1. The summed E-state index contributed by atoms with van der Waals surface area (Å²) in [4.78, 5) is 11.4. The summed E-state index contributed by atoms with van der Waals surface area (Å²) in [6.07, 6.45) is -5.23. The standard InChI is InChI=1S/C21H19F3N2O5/c1-11-25-26-20(31-11)17(9-19(28)29)14-6-13(7-15(8-14)21(22,23)24)16-5-12(10-27)3-4-18(16)30-2/h3-8,17,27H,9-10H2,1-2H3,(H,28,29). The molecule has 2 N–H and O–H groups in total. The molecule has 0 bridgehead atoms. The Bertz CT molecular complexity index is 1090. The molecule has 164 valence electrons. The number of ether oxygens (including phenoxy) is 1. The molecule has 10 heteroatoms. The average Bonchev–Trinajstić information content (AvgIpc) is 3.16. The highest BCUT2D eigenvalue weighted by Crippen LogP contribution is 2.40. The van der Waals surface area contributed by atoms with Gasteiger partial charge in [0.05, 0.1) is 31.6 Å². The van der Waals surface area contributed by atoms with Crippen LogP contribution >= 0.6 is 0 Å². The van der Waals surface area contributed by atoms with E-state index in [1.54, 1.807) is 6.07 Å². The number of hydrogen-bond acceptors (Lipinski definition) is 6. The van der Waals surface area contributed by atoms with Crippen LogP contribution in [0.1, 0.15) is 40.8 Å². The van der Waals surface area contributed by atoms with Gasteiger partial charge in [-0.3, -0.25) is 4.79 Å². The monoisotopic (exact) mass is 436 g/mol. The lowest BCUT2D eigenvalue weighted by atomic mass is 9.89. The first kappa shape index (κ1) is 22.3. The number of aromatic nitrogens is 2. The van der Waals surface area contributed by atoms with Gasteiger partial charge in [-0.2, -0.15) is 13.2 Å². The van der Waals surface area contributed by atoms with Crippen LogP contribution in [0.25, 0.3) is 11.1 Å². The van der Waals surface area contributed by atoms with E-state index in [2.05, 4.69) is 10.2 Å². The second-order valence-electron chi connectivity index (χ2n) is 6.84. The van der Waals surface area contributed by atoms with E-state index in [9.17, 15) is 28.2 Å². The Kier molecular flexibility index (Phi) is 6.30. The Morgan fingerprint density at radius 1 is 1.19 bits per heavy atom. The lowest BCUT2D eigenvalue weighted by molar-refractivity contribution is -0.138. The molecule has 1 unspecified atom stereocenters. The molecule has 0 saturated heterocycles. The quantitative estimate of drug-likeness (QED) is 0.573. The van der Waals surface area contributed by atoms with Gasteiger partial charge in [0, 0.05) is 12.5 Å². The molecule has 2 aromatic carbocycles. The summed E-state index contributed by atoms with van der Waals surface area (Å²) in [6.45, 7) is 1.18. The zero-order valence-corrected chi connectivity index (χ0v) is 16.6. The third kappa shape index (κ3) is 5.02. The van der Waals surface area contributed by atoms with Crippen LogP contribution in [0.15, 0.2) is 40.8 Å². The van der Waals surface area contributed by atoms with Gasteiger partial charge in [0.15, 0.2) is 0 Å². The molecule has 7 nitrogen and oxygen atoms in total. The zero-order chi connectivity index (χ0) is 22.8. The minimum Gasteiger partial charge on any atom is -0.496 e. The third-order valence-corrected chi connectivity index (χ3v) is 4.66. The summed E-state index contributed by atoms with van der Waals surface area (Å²) in [5.74, 6) is -1.96. The Morgan fingerprint density at radius 2 is 1.94 bits per heavy atom. The number of rotatable bonds is 7. The normalized spacial score (nSPS) is 12.6. The number of carbonyl (C=O) groups is 1. The number of aliphatic carboxylic acids is 1. The van der Waals surface area contributed by atoms with E-state index in [1.807, 2.05) is 0 Å². The number of halogens is 3. The summed E-state index contributed by atoms with van der Waals surface area (Å²) in [5, 5.41) is 26.2. The number of alkyl halides is 3. The van der Waals surface area contributed by atoms with Crippen LogP contribution < -0.4 is 4.74 Å². The highest BCUT2D eigenvalue weighted by Gasteiger charge is 2.33. The molecule has 31 heavy (non-hydrogen) atoms. The number of aryl methyl sites for hydroxylation is 1. The molecule has 0 aliphatic rings. The molecule has 0 amide bonds. The van der Waals surface area contributed by atoms with E-state index in [4.69, 9.17) is 9.15 Å². The molecular formula is C21H19F3N2O5. The molecule has 3 aromatic rings. The van der Waals surface area contributed by atoms with Crippen molar-refractivity contribution < 1.29 is 37.3 Å². The molecule has 0 saturated carbocycles. The number of carboxylic acids is 1. The van der Waals surface area contributed by atoms with Crippen LogP contribution in [0.5, 0.6) is 5.75 Å². The predicted molar refractivity (Wildman–Crippen MR) is 102 cm³/mol. The van der Waals surface area contributed by atoms with Crippen LogP contribution in [0, 0.1) is 6.92 Å². The van der Waals surface area contributed by atoms with Gasteiger partial charge in [-0.05, 0) is 41.0 Å². The van der Waals surface area contributed by atoms with Gasteiger partial charge < -0.3 is 19.4 Å². The maximum absolute atomic E-state index is 13.7. The summed E-state index contributed by atoms with van der Waals surface area (Å²) in [7, 11) is 1.38. The molecule has 0 radical (unpaired) electrons. The van der Waals surface area contributed by atoms with Crippen molar-refractivity contribution in [3.05, 3.63) is 64.9 Å². The second kappa shape index (κ2) is 8.76. The summed E-state index contributed by atoms with van der Waals surface area (Å²) >= 11 is 0. The van der Waals surface area contributed by atoms with E-state index in [1.165, 1.54) is 32.2 Å². The highest BCUT2D eigenvalue weighted by atomic mass is 19.4. The number of hydrogen-bond donors (Lipinski definition) is 2. The molecule has 1 heterocycles. The molecule has 0 spiro atoms. The molecule has 1 atom stereocenters. The Labute approximate surface area is 175 Å². The van der Waals surface area contributed by atoms with Crippen LogP contribution in [0.2, 0.25) is 0 Å². The average molecular weight is 436 g/mol. The molecular weight excluding hydrogens is 417 g/mol. The molecule has 0 aliphatic heterocycles. The minimum absolute atomic E-state index is 0.0485. The number of aliphatic hydroxyl groups is 1. The minimum atomic E-state index is -4.69. The lowest BCUT2D eigenvalue weighted by Gasteiger charge is -2.18. The van der Waals surface area contributed by atoms with E-state index in [-0.39, 0.29) is 29.5 Å². The first-order valence-electron chi connectivity index (χ1n) is 9.14. The van der Waals surface area contributed by atoms with E-state index in [0.717, 1.165) is 12.1 Å². The van der Waals surface area contributed by atoms with Crippen molar-refractivity contribution in [1.29, 1.82) is 0 Å². The number of nitrogens with zero attached hydrogens (tertiary/aromatic N) is 2. The Balaban J connectivity index is 2.25. The van der Waals surface area contributed by atoms with Crippen LogP contribution in [-0.2, 0) is 17.6 Å². The SMILES string of the molecule is COc1ccc(CO)cc1-c1cc(C(CC(=O)O)c2nnc(C)o2)cc(C(F)(F)F)c1. The molecule has 1 aromatic heterocycles. The summed E-state index contributed by atoms with van der Waals surface area (Å²) in [6, 6.07) is 7.89. The van der Waals surface area contributed by atoms with Crippen molar-refractivity contribution in [1.82, 2.24) is 10.2 Å². The topological polar surface area (TPSA) is 106 Å². The van der Waals surface area contributed by atoms with E-state index < -0.39 is 30.0 Å². The van der Waals surface area contributed by atoms with Crippen molar-refractivity contribution in [2.45, 2.75) is 32.0 Å². The maximum atomic E-state index is 13.7. The molecule has 0 fully saturated rings. The largest absolute Gasteiger partial charge is 0.496 e. The maximum Gasteiger partial charge on any atom is 0.416 e. The first-order chi connectivity index (χ1) is 14.6. The van der Waals surface area contributed by atoms with Gasteiger partial charge in [0.2, 0.25) is 11.8 Å². The lowest BCUT2D eigenvalue weighted by Crippen LogP contribution is -2.12.